The molecular weight excluding hydrogens is 592 g/mol. The second kappa shape index (κ2) is 13.4. The molecule has 1 aliphatic carbocycles. The van der Waals surface area contributed by atoms with Crippen LogP contribution in [0.15, 0.2) is 60.9 Å². The van der Waals surface area contributed by atoms with Crippen LogP contribution < -0.4 is 10.1 Å². The quantitative estimate of drug-likeness (QED) is 0.169. The molecule has 1 aromatic heterocycles. The van der Waals surface area contributed by atoms with Gasteiger partial charge in [0.15, 0.2) is 11.6 Å². The summed E-state index contributed by atoms with van der Waals surface area (Å²) in [6.07, 6.45) is 4.43. The normalized spacial score (nSPS) is 14.6. The molecule has 226 valence electrons. The molecule has 3 aromatic carbocycles. The molecule has 0 aliphatic heterocycles. The first kappa shape index (κ1) is 30.9. The van der Waals surface area contributed by atoms with Gasteiger partial charge in [-0.3, -0.25) is 15.1 Å². The van der Waals surface area contributed by atoms with Crippen molar-refractivity contribution >= 4 is 17.6 Å². The number of ether oxygens (including phenoxy) is 1. The van der Waals surface area contributed by atoms with Crippen LogP contribution in [0.25, 0.3) is 11.1 Å². The van der Waals surface area contributed by atoms with Crippen LogP contribution in [0, 0.1) is 23.0 Å². The van der Waals surface area contributed by atoms with Gasteiger partial charge in [0.1, 0.15) is 30.3 Å². The number of phenolic OH excluding ortho intramolecular Hbond substituents is 1. The summed E-state index contributed by atoms with van der Waals surface area (Å²) in [5.74, 6) is -2.76. The van der Waals surface area contributed by atoms with Gasteiger partial charge in [-0.05, 0) is 77.8 Å². The number of aromatic hydroxyl groups is 1. The lowest BCUT2D eigenvalue weighted by Crippen LogP contribution is -2.39. The molecule has 0 bridgehead atoms. The highest BCUT2D eigenvalue weighted by Crippen LogP contribution is 2.44. The number of carboxylic acid groups (broad SMARTS) is 1. The standard InChI is InChI=1S/C33H28ClF2N3O5/c34-26-10-22(15-39-28(16-40)33(42)43)30(44-17-19-8-18(12-37)13-38-14-19)11-21(26)9-20-4-5-24-23(6-7-27(35)31(20)24)25-2-1-3-29(41)32(25)36/h1-3,6-8,10-11,13-14,20,28,39-41H,4-5,9,15-17H2,(H,42,43). The number of aliphatic hydroxyl groups excluding tert-OH is 1. The van der Waals surface area contributed by atoms with Crippen LogP contribution in [-0.2, 0) is 30.8 Å². The summed E-state index contributed by atoms with van der Waals surface area (Å²) in [5.41, 5.74) is 4.08. The number of aromatic nitrogens is 1. The zero-order valence-corrected chi connectivity index (χ0v) is 24.1. The van der Waals surface area contributed by atoms with Crippen LogP contribution in [-0.4, -0.2) is 38.9 Å². The van der Waals surface area contributed by atoms with Crippen molar-refractivity contribution in [3.05, 3.63) is 111 Å². The number of carboxylic acids is 1. The number of aliphatic hydroxyl groups is 1. The number of hydrogen-bond donors (Lipinski definition) is 4. The molecule has 0 spiro atoms. The molecule has 0 fully saturated rings. The van der Waals surface area contributed by atoms with Gasteiger partial charge >= 0.3 is 5.97 Å². The fourth-order valence-electron chi connectivity index (χ4n) is 5.58. The molecule has 0 saturated carbocycles. The van der Waals surface area contributed by atoms with Gasteiger partial charge in [-0.2, -0.15) is 5.26 Å². The molecule has 0 radical (unpaired) electrons. The van der Waals surface area contributed by atoms with Gasteiger partial charge in [0.25, 0.3) is 0 Å². The zero-order chi connectivity index (χ0) is 31.4. The number of phenols is 1. The number of nitriles is 1. The zero-order valence-electron chi connectivity index (χ0n) is 23.4. The number of aliphatic carboxylic acids is 1. The fraction of sp³-hybridized carbons (Fsp3) is 0.242. The molecule has 0 amide bonds. The fourth-order valence-corrected chi connectivity index (χ4v) is 5.84. The Bertz CT molecular complexity index is 1760. The highest BCUT2D eigenvalue weighted by molar-refractivity contribution is 6.31. The summed E-state index contributed by atoms with van der Waals surface area (Å²) in [6.45, 7) is -0.549. The van der Waals surface area contributed by atoms with E-state index < -0.39 is 36.0 Å². The van der Waals surface area contributed by atoms with Crippen LogP contribution in [0.4, 0.5) is 8.78 Å². The maximum Gasteiger partial charge on any atom is 0.323 e. The topological polar surface area (TPSA) is 136 Å². The van der Waals surface area contributed by atoms with Crippen molar-refractivity contribution < 1.29 is 33.6 Å². The van der Waals surface area contributed by atoms with Crippen LogP contribution in [0.3, 0.4) is 0 Å². The lowest BCUT2D eigenvalue weighted by molar-refractivity contribution is -0.140. The van der Waals surface area contributed by atoms with Crippen molar-refractivity contribution in [2.45, 2.75) is 44.4 Å². The summed E-state index contributed by atoms with van der Waals surface area (Å²) in [4.78, 5) is 15.5. The molecule has 5 rings (SSSR count). The summed E-state index contributed by atoms with van der Waals surface area (Å²) >= 11 is 6.71. The van der Waals surface area contributed by atoms with Crippen LogP contribution in [0.5, 0.6) is 11.5 Å². The van der Waals surface area contributed by atoms with E-state index in [-0.39, 0.29) is 24.6 Å². The summed E-state index contributed by atoms with van der Waals surface area (Å²) < 4.78 is 36.2. The lowest BCUT2D eigenvalue weighted by atomic mass is 9.90. The third-order valence-electron chi connectivity index (χ3n) is 7.76. The van der Waals surface area contributed by atoms with Crippen LogP contribution in [0.2, 0.25) is 5.02 Å². The lowest BCUT2D eigenvalue weighted by Gasteiger charge is -2.19. The molecule has 11 heteroatoms. The van der Waals surface area contributed by atoms with Gasteiger partial charge in [-0.15, -0.1) is 0 Å². The minimum Gasteiger partial charge on any atom is -0.505 e. The van der Waals surface area contributed by atoms with Crippen LogP contribution in [0.1, 0.15) is 45.7 Å². The number of rotatable bonds is 11. The average Bonchev–Trinajstić information content (AvgIpc) is 3.44. The smallest absolute Gasteiger partial charge is 0.323 e. The molecule has 44 heavy (non-hydrogen) atoms. The van der Waals surface area contributed by atoms with E-state index >= 15 is 4.39 Å². The molecule has 1 heterocycles. The maximum absolute atomic E-state index is 15.3. The number of fused-ring (bicyclic) bond motifs is 1. The number of nitrogens with one attached hydrogen (secondary N) is 1. The molecule has 4 aromatic rings. The van der Waals surface area contributed by atoms with Gasteiger partial charge in [0.05, 0.1) is 12.2 Å². The Kier molecular flexibility index (Phi) is 9.40. The number of pyridine rings is 1. The van der Waals surface area contributed by atoms with E-state index in [0.717, 1.165) is 0 Å². The van der Waals surface area contributed by atoms with Crippen molar-refractivity contribution in [1.29, 1.82) is 5.26 Å². The van der Waals surface area contributed by atoms with Gasteiger partial charge in [0.2, 0.25) is 0 Å². The van der Waals surface area contributed by atoms with Crippen molar-refractivity contribution in [3.63, 3.8) is 0 Å². The molecule has 2 atom stereocenters. The minimum atomic E-state index is -1.22. The highest BCUT2D eigenvalue weighted by atomic mass is 35.5. The second-order valence-electron chi connectivity index (χ2n) is 10.6. The van der Waals surface area contributed by atoms with Crippen molar-refractivity contribution in [3.8, 4) is 28.7 Å². The monoisotopic (exact) mass is 619 g/mol. The minimum absolute atomic E-state index is 0.0169. The van der Waals surface area contributed by atoms with Crippen molar-refractivity contribution in [2.24, 2.45) is 0 Å². The van der Waals surface area contributed by atoms with Crippen molar-refractivity contribution in [1.82, 2.24) is 10.3 Å². The second-order valence-corrected chi connectivity index (χ2v) is 11.0. The first-order valence-electron chi connectivity index (χ1n) is 13.8. The number of halogens is 3. The molecule has 2 unspecified atom stereocenters. The Morgan fingerprint density at radius 3 is 2.73 bits per heavy atom. The summed E-state index contributed by atoms with van der Waals surface area (Å²) in [5, 5.41) is 41.0. The Balaban J connectivity index is 1.46. The molecule has 0 saturated heterocycles. The molecular formula is C33H28ClF2N3O5. The van der Waals surface area contributed by atoms with E-state index in [9.17, 15) is 29.8 Å². The van der Waals surface area contributed by atoms with E-state index in [2.05, 4.69) is 10.3 Å². The number of hydrogen-bond acceptors (Lipinski definition) is 7. The Morgan fingerprint density at radius 1 is 1.16 bits per heavy atom. The number of carbonyl (C=O) groups is 1. The summed E-state index contributed by atoms with van der Waals surface area (Å²) in [7, 11) is 0. The van der Waals surface area contributed by atoms with Crippen LogP contribution >= 0.6 is 11.6 Å². The van der Waals surface area contributed by atoms with E-state index in [0.29, 0.717) is 69.0 Å². The average molecular weight is 620 g/mol. The van der Waals surface area contributed by atoms with Gasteiger partial charge in [0, 0.05) is 40.7 Å². The predicted octanol–water partition coefficient (Wildman–Crippen LogP) is 5.64. The predicted molar refractivity (Wildman–Crippen MR) is 158 cm³/mol. The van der Waals surface area contributed by atoms with E-state index in [1.165, 1.54) is 24.4 Å². The Hall–Kier alpha value is -4.56. The third-order valence-corrected chi connectivity index (χ3v) is 8.11. The number of nitrogens with zero attached hydrogens (tertiary/aromatic N) is 2. The maximum atomic E-state index is 15.3. The van der Waals surface area contributed by atoms with E-state index in [4.69, 9.17) is 16.3 Å². The van der Waals surface area contributed by atoms with E-state index in [1.807, 2.05) is 6.07 Å². The Labute approximate surface area is 257 Å². The largest absolute Gasteiger partial charge is 0.505 e. The van der Waals surface area contributed by atoms with Gasteiger partial charge in [-0.25, -0.2) is 8.78 Å². The first-order chi connectivity index (χ1) is 21.2. The molecule has 1 aliphatic rings. The first-order valence-corrected chi connectivity index (χ1v) is 14.2. The third kappa shape index (κ3) is 6.50. The van der Waals surface area contributed by atoms with Gasteiger partial charge in [-0.1, -0.05) is 29.8 Å². The molecule has 4 N–H and O–H groups in total. The Morgan fingerprint density at radius 2 is 1.98 bits per heavy atom. The SMILES string of the molecule is N#Cc1cncc(COc2cc(CC3CCc4c(-c5cccc(O)c5F)ccc(F)c43)c(Cl)cc2CNC(CO)C(=O)O)c1. The number of benzene rings is 3. The van der Waals surface area contributed by atoms with Crippen molar-refractivity contribution in [2.75, 3.05) is 6.61 Å². The van der Waals surface area contributed by atoms with E-state index in [1.54, 1.807) is 36.5 Å². The molecule has 8 nitrogen and oxygen atoms in total. The summed E-state index contributed by atoms with van der Waals surface area (Å²) in [6, 6.07) is 13.0. The van der Waals surface area contributed by atoms with Gasteiger partial charge < -0.3 is 20.1 Å². The highest BCUT2D eigenvalue weighted by Gasteiger charge is 2.30.